The first-order valence-corrected chi connectivity index (χ1v) is 11.6. The molecule has 5 rings (SSSR count). The van der Waals surface area contributed by atoms with Crippen LogP contribution in [0, 0.1) is 6.92 Å². The van der Waals surface area contributed by atoms with Gasteiger partial charge in [0.15, 0.2) is 4.96 Å². The van der Waals surface area contributed by atoms with Crippen LogP contribution in [-0.4, -0.2) is 52.9 Å². The Bertz CT molecular complexity index is 1180. The summed E-state index contributed by atoms with van der Waals surface area (Å²) < 4.78 is 2.03. The van der Waals surface area contributed by atoms with Gasteiger partial charge in [-0.05, 0) is 43.3 Å². The number of aromatic nitrogens is 2. The van der Waals surface area contributed by atoms with E-state index in [-0.39, 0.29) is 5.91 Å². The number of benzene rings is 1. The molecule has 0 atom stereocenters. The monoisotopic (exact) mass is 425 g/mol. The van der Waals surface area contributed by atoms with Crippen LogP contribution in [0.5, 0.6) is 0 Å². The Kier molecular flexibility index (Phi) is 4.77. The van der Waals surface area contributed by atoms with E-state index in [0.29, 0.717) is 4.88 Å². The van der Waals surface area contributed by atoms with Gasteiger partial charge in [-0.25, -0.2) is 4.98 Å². The number of nitrogens with zero attached hydrogens (tertiary/aromatic N) is 4. The van der Waals surface area contributed by atoms with E-state index in [2.05, 4.69) is 46.1 Å². The molecule has 0 saturated carbocycles. The van der Waals surface area contributed by atoms with Crippen molar-refractivity contribution in [2.45, 2.75) is 13.8 Å². The minimum atomic E-state index is -0.0827. The van der Waals surface area contributed by atoms with Gasteiger partial charge in [0.1, 0.15) is 4.83 Å². The molecular weight excluding hydrogens is 402 g/mol. The summed E-state index contributed by atoms with van der Waals surface area (Å²) >= 11 is 3.04. The Morgan fingerprint density at radius 1 is 1.21 bits per heavy atom. The van der Waals surface area contributed by atoms with E-state index in [1.165, 1.54) is 22.6 Å². The van der Waals surface area contributed by atoms with Crippen molar-refractivity contribution in [3.05, 3.63) is 46.3 Å². The van der Waals surface area contributed by atoms with Gasteiger partial charge in [-0.15, -0.1) is 22.7 Å². The number of anilines is 2. The maximum absolute atomic E-state index is 12.8. The van der Waals surface area contributed by atoms with Gasteiger partial charge < -0.3 is 15.1 Å². The second-order valence-electron chi connectivity index (χ2n) is 7.35. The van der Waals surface area contributed by atoms with E-state index in [9.17, 15) is 4.79 Å². The number of hydrogen-bond donors (Lipinski definition) is 1. The minimum absolute atomic E-state index is 0.0827. The predicted molar refractivity (Wildman–Crippen MR) is 122 cm³/mol. The van der Waals surface area contributed by atoms with Gasteiger partial charge in [-0.3, -0.25) is 9.20 Å². The zero-order valence-corrected chi connectivity index (χ0v) is 18.1. The topological polar surface area (TPSA) is 52.9 Å². The SMILES string of the molecule is CCN1CCN(c2ccc(NC(=O)c3cc4c(nc5sccn54)s3)cc2C)CC1. The molecule has 0 bridgehead atoms. The second-order valence-corrected chi connectivity index (χ2v) is 9.25. The quantitative estimate of drug-likeness (QED) is 0.529. The van der Waals surface area contributed by atoms with Crippen LogP contribution in [0.2, 0.25) is 0 Å². The summed E-state index contributed by atoms with van der Waals surface area (Å²) in [6.45, 7) is 9.75. The molecule has 4 heterocycles. The highest BCUT2D eigenvalue weighted by Gasteiger charge is 2.18. The molecule has 1 fully saturated rings. The zero-order chi connectivity index (χ0) is 20.0. The van der Waals surface area contributed by atoms with Gasteiger partial charge in [0, 0.05) is 49.1 Å². The summed E-state index contributed by atoms with van der Waals surface area (Å²) in [6, 6.07) is 8.13. The maximum Gasteiger partial charge on any atom is 0.265 e. The van der Waals surface area contributed by atoms with Crippen LogP contribution >= 0.6 is 22.7 Å². The Morgan fingerprint density at radius 2 is 2.03 bits per heavy atom. The number of carbonyl (C=O) groups excluding carboxylic acids is 1. The highest BCUT2D eigenvalue weighted by atomic mass is 32.1. The maximum atomic E-state index is 12.8. The standard InChI is InChI=1S/C21H23N5OS2/c1-3-24-6-8-25(9-7-24)16-5-4-15(12-14(16)2)22-19(27)18-13-17-20(29-18)23-21-26(17)10-11-28-21/h4-5,10-13H,3,6-9H2,1-2H3,(H,22,27). The number of amides is 1. The van der Waals surface area contributed by atoms with E-state index < -0.39 is 0 Å². The average molecular weight is 426 g/mol. The predicted octanol–water partition coefficient (Wildman–Crippen LogP) is 4.31. The molecule has 1 aliphatic heterocycles. The molecule has 29 heavy (non-hydrogen) atoms. The molecule has 0 aliphatic carbocycles. The third kappa shape index (κ3) is 3.41. The largest absolute Gasteiger partial charge is 0.369 e. The molecule has 0 radical (unpaired) electrons. The van der Waals surface area contributed by atoms with Gasteiger partial charge in [0.05, 0.1) is 10.4 Å². The van der Waals surface area contributed by atoms with Crippen LogP contribution in [0.15, 0.2) is 35.8 Å². The molecular formula is C21H23N5OS2. The zero-order valence-electron chi connectivity index (χ0n) is 16.5. The third-order valence-electron chi connectivity index (χ3n) is 5.58. The Hall–Kier alpha value is -2.42. The number of rotatable bonds is 4. The molecule has 0 spiro atoms. The highest BCUT2D eigenvalue weighted by Crippen LogP contribution is 2.29. The molecule has 1 aromatic carbocycles. The van der Waals surface area contributed by atoms with Gasteiger partial charge in [0.25, 0.3) is 5.91 Å². The van der Waals surface area contributed by atoms with Crippen LogP contribution in [0.25, 0.3) is 15.3 Å². The van der Waals surface area contributed by atoms with Crippen molar-refractivity contribution < 1.29 is 4.79 Å². The highest BCUT2D eigenvalue weighted by molar-refractivity contribution is 7.21. The molecule has 6 nitrogen and oxygen atoms in total. The van der Waals surface area contributed by atoms with Crippen LogP contribution in [0.4, 0.5) is 11.4 Å². The van der Waals surface area contributed by atoms with E-state index in [4.69, 9.17) is 0 Å². The van der Waals surface area contributed by atoms with Crippen molar-refractivity contribution in [3.8, 4) is 0 Å². The fraction of sp³-hybridized carbons (Fsp3) is 0.333. The van der Waals surface area contributed by atoms with Crippen LogP contribution < -0.4 is 10.2 Å². The van der Waals surface area contributed by atoms with Crippen molar-refractivity contribution in [1.29, 1.82) is 0 Å². The summed E-state index contributed by atoms with van der Waals surface area (Å²) in [7, 11) is 0. The number of aryl methyl sites for hydroxylation is 1. The number of hydrogen-bond acceptors (Lipinski definition) is 6. The first-order valence-electron chi connectivity index (χ1n) is 9.87. The van der Waals surface area contributed by atoms with E-state index >= 15 is 0 Å². The molecule has 0 unspecified atom stereocenters. The Labute approximate surface area is 177 Å². The lowest BCUT2D eigenvalue weighted by Gasteiger charge is -2.36. The van der Waals surface area contributed by atoms with Crippen molar-refractivity contribution >= 4 is 55.3 Å². The summed E-state index contributed by atoms with van der Waals surface area (Å²) in [5.41, 5.74) is 4.27. The number of fused-ring (bicyclic) bond motifs is 3. The van der Waals surface area contributed by atoms with Crippen molar-refractivity contribution in [2.24, 2.45) is 0 Å². The fourth-order valence-electron chi connectivity index (χ4n) is 3.95. The summed E-state index contributed by atoms with van der Waals surface area (Å²) in [5, 5.41) is 5.05. The number of nitrogens with one attached hydrogen (secondary N) is 1. The van der Waals surface area contributed by atoms with Crippen molar-refractivity contribution in [3.63, 3.8) is 0 Å². The molecule has 1 aliphatic rings. The van der Waals surface area contributed by atoms with Crippen molar-refractivity contribution in [2.75, 3.05) is 42.9 Å². The molecule has 4 aromatic rings. The normalized spacial score (nSPS) is 15.4. The fourth-order valence-corrected chi connectivity index (χ4v) is 5.64. The number of thiazole rings is 1. The third-order valence-corrected chi connectivity index (χ3v) is 7.35. The summed E-state index contributed by atoms with van der Waals surface area (Å²) in [6.07, 6.45) is 1.99. The summed E-state index contributed by atoms with van der Waals surface area (Å²) in [5.74, 6) is -0.0827. The Balaban J connectivity index is 1.31. The van der Waals surface area contributed by atoms with E-state index in [1.807, 2.05) is 28.1 Å². The Morgan fingerprint density at radius 3 is 2.79 bits per heavy atom. The first-order chi connectivity index (χ1) is 14.1. The average Bonchev–Trinajstić information content (AvgIpc) is 3.41. The van der Waals surface area contributed by atoms with Crippen LogP contribution in [-0.2, 0) is 0 Å². The molecule has 1 saturated heterocycles. The molecule has 1 N–H and O–H groups in total. The van der Waals surface area contributed by atoms with Gasteiger partial charge in [-0.1, -0.05) is 6.92 Å². The van der Waals surface area contributed by atoms with Gasteiger partial charge in [-0.2, -0.15) is 0 Å². The first kappa shape index (κ1) is 18.6. The van der Waals surface area contributed by atoms with E-state index in [1.54, 1.807) is 11.3 Å². The lowest BCUT2D eigenvalue weighted by molar-refractivity contribution is 0.103. The lowest BCUT2D eigenvalue weighted by atomic mass is 10.1. The van der Waals surface area contributed by atoms with Gasteiger partial charge >= 0.3 is 0 Å². The molecule has 8 heteroatoms. The number of thiophene rings is 1. The van der Waals surface area contributed by atoms with Crippen molar-refractivity contribution in [1.82, 2.24) is 14.3 Å². The lowest BCUT2D eigenvalue weighted by Crippen LogP contribution is -2.46. The van der Waals surface area contributed by atoms with Gasteiger partial charge in [0.2, 0.25) is 0 Å². The smallest absolute Gasteiger partial charge is 0.265 e. The minimum Gasteiger partial charge on any atom is -0.369 e. The summed E-state index contributed by atoms with van der Waals surface area (Å²) in [4.78, 5) is 24.8. The number of carbonyl (C=O) groups is 1. The number of piperazine rings is 1. The molecule has 150 valence electrons. The molecule has 3 aromatic heterocycles. The molecule has 1 amide bonds. The second kappa shape index (κ2) is 7.44. The van der Waals surface area contributed by atoms with Crippen LogP contribution in [0.3, 0.4) is 0 Å². The number of imidazole rings is 1. The number of likely N-dealkylation sites (N-methyl/N-ethyl adjacent to an activating group) is 1. The van der Waals surface area contributed by atoms with E-state index in [0.717, 1.165) is 53.7 Å². The van der Waals surface area contributed by atoms with Crippen LogP contribution in [0.1, 0.15) is 22.2 Å².